The van der Waals surface area contributed by atoms with Crippen LogP contribution in [0.3, 0.4) is 0 Å². The Morgan fingerprint density at radius 3 is 2.39 bits per heavy atom. The number of aromatic nitrogens is 2. The number of carbonyl (C=O) groups excluding carboxylic acids is 1. The van der Waals surface area contributed by atoms with Crippen LogP contribution in [0.2, 0.25) is 0 Å². The van der Waals surface area contributed by atoms with Crippen molar-refractivity contribution in [1.29, 1.82) is 0 Å². The third-order valence-corrected chi connectivity index (χ3v) is 7.27. The van der Waals surface area contributed by atoms with Crippen molar-refractivity contribution < 1.29 is 9.18 Å². The van der Waals surface area contributed by atoms with Gasteiger partial charge in [0.1, 0.15) is 21.6 Å². The monoisotopic (exact) mass is 481 g/mol. The number of halogens is 1. The van der Waals surface area contributed by atoms with Gasteiger partial charge in [0.05, 0.1) is 10.5 Å². The average Bonchev–Trinajstić information content (AvgIpc) is 3.08. The Balaban J connectivity index is 1.52. The molecule has 3 aromatic rings. The van der Waals surface area contributed by atoms with E-state index in [9.17, 15) is 14.0 Å². The van der Waals surface area contributed by atoms with Crippen molar-refractivity contribution in [3.05, 3.63) is 75.3 Å². The second-order valence-electron chi connectivity index (χ2n) is 7.77. The van der Waals surface area contributed by atoms with E-state index in [2.05, 4.69) is 9.80 Å². The van der Waals surface area contributed by atoms with Crippen LogP contribution in [0.5, 0.6) is 0 Å². The molecule has 33 heavy (non-hydrogen) atoms. The van der Waals surface area contributed by atoms with Crippen LogP contribution in [-0.2, 0) is 4.79 Å². The highest BCUT2D eigenvalue weighted by atomic mass is 32.2. The minimum Gasteiger partial charge on any atom is -0.368 e. The lowest BCUT2D eigenvalue weighted by Gasteiger charge is -2.37. The normalized spacial score (nSPS) is 18.1. The van der Waals surface area contributed by atoms with Crippen molar-refractivity contribution >= 4 is 57.4 Å². The number of pyridine rings is 1. The Bertz CT molecular complexity index is 1350. The lowest BCUT2D eigenvalue weighted by atomic mass is 10.2. The third-order valence-electron chi connectivity index (χ3n) is 5.78. The predicted molar refractivity (Wildman–Crippen MR) is 133 cm³/mol. The van der Waals surface area contributed by atoms with E-state index >= 15 is 0 Å². The summed E-state index contributed by atoms with van der Waals surface area (Å²) in [6.45, 7) is 2.64. The van der Waals surface area contributed by atoms with Crippen LogP contribution in [0.4, 0.5) is 15.9 Å². The minimum atomic E-state index is -0.264. The molecule has 10 heteroatoms. The van der Waals surface area contributed by atoms with E-state index in [4.69, 9.17) is 17.2 Å². The molecule has 2 aromatic heterocycles. The molecule has 0 radical (unpaired) electrons. The van der Waals surface area contributed by atoms with E-state index in [1.165, 1.54) is 33.2 Å². The van der Waals surface area contributed by atoms with Gasteiger partial charge < -0.3 is 9.80 Å². The summed E-state index contributed by atoms with van der Waals surface area (Å²) in [6.07, 6.45) is 3.28. The molecule has 7 nitrogen and oxygen atoms in total. The number of nitrogens with zero attached hydrogens (tertiary/aromatic N) is 5. The van der Waals surface area contributed by atoms with Crippen molar-refractivity contribution in [3.8, 4) is 0 Å². The smallest absolute Gasteiger partial charge is 0.267 e. The number of thioether (sulfide) groups is 1. The molecule has 0 bridgehead atoms. The zero-order valence-electron chi connectivity index (χ0n) is 17.8. The van der Waals surface area contributed by atoms with Gasteiger partial charge in [0, 0.05) is 45.1 Å². The van der Waals surface area contributed by atoms with Crippen molar-refractivity contribution in [3.63, 3.8) is 0 Å². The highest BCUT2D eigenvalue weighted by Gasteiger charge is 2.30. The zero-order valence-corrected chi connectivity index (χ0v) is 19.4. The number of hydrogen-bond donors (Lipinski definition) is 0. The molecule has 0 aliphatic carbocycles. The Kier molecular flexibility index (Phi) is 5.63. The van der Waals surface area contributed by atoms with E-state index in [1.54, 1.807) is 43.6 Å². The molecule has 0 atom stereocenters. The molecule has 0 unspecified atom stereocenters. The van der Waals surface area contributed by atoms with Gasteiger partial charge in [-0.1, -0.05) is 30.0 Å². The number of anilines is 2. The highest BCUT2D eigenvalue weighted by Crippen LogP contribution is 2.32. The van der Waals surface area contributed by atoms with E-state index in [0.29, 0.717) is 52.4 Å². The van der Waals surface area contributed by atoms with Crippen LogP contribution >= 0.6 is 24.0 Å². The summed E-state index contributed by atoms with van der Waals surface area (Å²) in [4.78, 5) is 36.8. The van der Waals surface area contributed by atoms with E-state index in [0.717, 1.165) is 5.69 Å². The van der Waals surface area contributed by atoms with Crippen LogP contribution in [-0.4, -0.2) is 57.7 Å². The van der Waals surface area contributed by atoms with Gasteiger partial charge >= 0.3 is 0 Å². The Morgan fingerprint density at radius 1 is 1.03 bits per heavy atom. The molecule has 4 heterocycles. The van der Waals surface area contributed by atoms with Crippen LogP contribution < -0.4 is 15.4 Å². The Hall–Kier alpha value is -3.24. The first kappa shape index (κ1) is 21.6. The van der Waals surface area contributed by atoms with Gasteiger partial charge in [-0.25, -0.2) is 9.37 Å². The summed E-state index contributed by atoms with van der Waals surface area (Å²) in [5.41, 5.74) is 1.62. The maximum Gasteiger partial charge on any atom is 0.267 e. The fraction of sp³-hybridized carbons (Fsp3) is 0.217. The Labute approximate surface area is 199 Å². The number of fused-ring (bicyclic) bond motifs is 1. The molecule has 0 spiro atoms. The fourth-order valence-electron chi connectivity index (χ4n) is 3.96. The number of likely N-dealkylation sites (N-methyl/N-ethyl adjacent to an activating group) is 1. The molecular weight excluding hydrogens is 461 g/mol. The number of thiocarbonyl (C=S) groups is 1. The number of rotatable bonds is 3. The first-order chi connectivity index (χ1) is 15.9. The fourth-order valence-corrected chi connectivity index (χ4v) is 5.12. The van der Waals surface area contributed by atoms with Crippen molar-refractivity contribution in [1.82, 2.24) is 14.3 Å². The summed E-state index contributed by atoms with van der Waals surface area (Å²) >= 11 is 6.42. The van der Waals surface area contributed by atoms with Crippen LogP contribution in [0, 0.1) is 5.82 Å². The molecule has 0 N–H and O–H groups in total. The van der Waals surface area contributed by atoms with Crippen molar-refractivity contribution in [2.24, 2.45) is 0 Å². The summed E-state index contributed by atoms with van der Waals surface area (Å²) < 4.78 is 15.2. The number of hydrogen-bond acceptors (Lipinski definition) is 7. The van der Waals surface area contributed by atoms with Gasteiger partial charge in [-0.3, -0.25) is 18.9 Å². The molecule has 0 saturated carbocycles. The van der Waals surface area contributed by atoms with Gasteiger partial charge in [0.2, 0.25) is 0 Å². The molecule has 2 aliphatic rings. The van der Waals surface area contributed by atoms with Gasteiger partial charge in [-0.2, -0.15) is 0 Å². The number of piperazine rings is 1. The SMILES string of the molecule is CN1C(=O)/C(=C/c2c(N3CCN(c4ccc(F)cc4)CC3)nc3ccccn3c2=O)SC1=S. The van der Waals surface area contributed by atoms with Gasteiger partial charge in [0.15, 0.2) is 0 Å². The van der Waals surface area contributed by atoms with Crippen LogP contribution in [0.15, 0.2) is 58.4 Å². The highest BCUT2D eigenvalue weighted by molar-refractivity contribution is 8.26. The van der Waals surface area contributed by atoms with Crippen molar-refractivity contribution in [2.45, 2.75) is 0 Å². The first-order valence-electron chi connectivity index (χ1n) is 10.4. The Morgan fingerprint density at radius 2 is 1.73 bits per heavy atom. The number of carbonyl (C=O) groups is 1. The first-order valence-corrected chi connectivity index (χ1v) is 11.6. The van der Waals surface area contributed by atoms with Gasteiger partial charge in [-0.05, 0) is 42.5 Å². The van der Waals surface area contributed by atoms with E-state index in [1.807, 2.05) is 6.07 Å². The maximum atomic E-state index is 13.4. The second-order valence-corrected chi connectivity index (χ2v) is 9.45. The molecule has 2 fully saturated rings. The zero-order chi connectivity index (χ0) is 23.1. The average molecular weight is 482 g/mol. The van der Waals surface area contributed by atoms with E-state index in [-0.39, 0.29) is 17.3 Å². The second kappa shape index (κ2) is 8.60. The van der Waals surface area contributed by atoms with Crippen molar-refractivity contribution in [2.75, 3.05) is 43.0 Å². The predicted octanol–water partition coefficient (Wildman–Crippen LogP) is 2.99. The molecule has 2 aliphatic heterocycles. The minimum absolute atomic E-state index is 0.227. The third kappa shape index (κ3) is 4.00. The summed E-state index contributed by atoms with van der Waals surface area (Å²) in [5.74, 6) is 0.0568. The molecule has 1 aromatic carbocycles. The summed E-state index contributed by atoms with van der Waals surface area (Å²) in [5, 5.41) is 0. The molecule has 5 rings (SSSR count). The topological polar surface area (TPSA) is 61.2 Å². The molecular formula is C23H20FN5O2S2. The quantitative estimate of drug-likeness (QED) is 0.421. The maximum absolute atomic E-state index is 13.4. The van der Waals surface area contributed by atoms with E-state index < -0.39 is 0 Å². The number of amides is 1. The standard InChI is InChI=1S/C23H20FN5O2S2/c1-26-22(31)18(33-23(26)32)14-17-20(25-19-4-2-3-9-29(19)21(17)30)28-12-10-27(11-13-28)16-7-5-15(24)6-8-16/h2-9,14H,10-13H2,1H3/b18-14-. The van der Waals surface area contributed by atoms with Gasteiger partial charge in [0.25, 0.3) is 11.5 Å². The van der Waals surface area contributed by atoms with Crippen LogP contribution in [0.25, 0.3) is 11.7 Å². The van der Waals surface area contributed by atoms with Crippen LogP contribution in [0.1, 0.15) is 5.56 Å². The molecule has 2 saturated heterocycles. The number of benzene rings is 1. The summed E-state index contributed by atoms with van der Waals surface area (Å²) in [6, 6.07) is 11.8. The lowest BCUT2D eigenvalue weighted by Crippen LogP contribution is -2.47. The molecule has 1 amide bonds. The molecule has 168 valence electrons. The largest absolute Gasteiger partial charge is 0.368 e. The van der Waals surface area contributed by atoms with Gasteiger partial charge in [-0.15, -0.1) is 0 Å². The summed E-state index contributed by atoms with van der Waals surface area (Å²) in [7, 11) is 1.62. The lowest BCUT2D eigenvalue weighted by molar-refractivity contribution is -0.121.